The molecule has 3 nitrogen and oxygen atoms in total. The molecule has 2 heterocycles. The first-order chi connectivity index (χ1) is 12.3. The van der Waals surface area contributed by atoms with Gasteiger partial charge in [0.15, 0.2) is 11.5 Å². The Hall–Kier alpha value is -1.71. The van der Waals surface area contributed by atoms with E-state index in [1.54, 1.807) is 6.07 Å². The number of fused-ring (bicyclic) bond motifs is 2. The molecular formula is C22H26ClNO2. The number of nitrogens with zero attached hydrogens (tertiary/aromatic N) is 1. The monoisotopic (exact) mass is 371 g/mol. The van der Waals surface area contributed by atoms with Crippen molar-refractivity contribution >= 4 is 12.4 Å². The molecule has 1 N–H and O–H groups in total. The lowest BCUT2D eigenvalue weighted by Crippen LogP contribution is -2.57. The number of hydrogen-bond donors (Lipinski definition) is 1. The minimum Gasteiger partial charge on any atom is -0.504 e. The number of para-hydroxylation sites is 1. The molecule has 3 atom stereocenters. The normalized spacial score (nSPS) is 29.2. The number of halogens is 1. The summed E-state index contributed by atoms with van der Waals surface area (Å²) in [6.07, 6.45) is 5.99. The van der Waals surface area contributed by atoms with Crippen molar-refractivity contribution in [2.75, 3.05) is 13.1 Å². The largest absolute Gasteiger partial charge is 0.504 e. The van der Waals surface area contributed by atoms with Crippen molar-refractivity contribution in [3.8, 4) is 11.5 Å². The van der Waals surface area contributed by atoms with E-state index >= 15 is 0 Å². The molecule has 2 aromatic carbocycles. The Labute approximate surface area is 161 Å². The fourth-order valence-electron chi connectivity index (χ4n) is 5.36. The maximum Gasteiger partial charge on any atom is 0.165 e. The first kappa shape index (κ1) is 17.7. The number of benzene rings is 2. The third-order valence-electron chi connectivity index (χ3n) is 6.66. The van der Waals surface area contributed by atoms with Crippen molar-refractivity contribution in [3.63, 3.8) is 0 Å². The number of phenolic OH excluding ortho intramolecular Hbond substituents is 1. The van der Waals surface area contributed by atoms with Gasteiger partial charge < -0.3 is 9.84 Å². The maximum atomic E-state index is 10.2. The lowest BCUT2D eigenvalue weighted by atomic mass is 9.62. The van der Waals surface area contributed by atoms with Crippen molar-refractivity contribution in [2.45, 2.75) is 49.7 Å². The Bertz CT molecular complexity index is 781. The van der Waals surface area contributed by atoms with Crippen LogP contribution in [0.5, 0.6) is 11.5 Å². The summed E-state index contributed by atoms with van der Waals surface area (Å²) in [7, 11) is 0. The molecule has 2 fully saturated rings. The fraction of sp³-hybridized carbons (Fsp3) is 0.455. The summed E-state index contributed by atoms with van der Waals surface area (Å²) in [6.45, 7) is 2.27. The van der Waals surface area contributed by atoms with E-state index in [1.165, 1.54) is 24.0 Å². The molecule has 2 aromatic rings. The van der Waals surface area contributed by atoms with E-state index in [0.29, 0.717) is 11.8 Å². The van der Waals surface area contributed by atoms with Crippen LogP contribution in [0.4, 0.5) is 0 Å². The molecule has 5 rings (SSSR count). The standard InChI is InChI=1S/C22H25NO2.ClH/c24-19-8-4-7-18-21(19)25-20-10-9-17-15-22(18,20)12-14-23(17)13-11-16-5-2-1-3-6-16;/h1-8,17,20,24H,9-15H2;1H/t17-,20-,22+;/m1./s1. The number of aromatic hydroxyl groups is 1. The van der Waals surface area contributed by atoms with Gasteiger partial charge in [0.2, 0.25) is 0 Å². The predicted molar refractivity (Wildman–Crippen MR) is 105 cm³/mol. The molecule has 0 unspecified atom stereocenters. The molecule has 0 amide bonds. The minimum absolute atomic E-state index is 0. The van der Waals surface area contributed by atoms with Crippen LogP contribution in [0, 0.1) is 0 Å². The zero-order valence-corrected chi connectivity index (χ0v) is 15.8. The van der Waals surface area contributed by atoms with Gasteiger partial charge in [0.25, 0.3) is 0 Å². The minimum atomic E-state index is 0. The molecular weight excluding hydrogens is 346 g/mol. The van der Waals surface area contributed by atoms with Gasteiger partial charge in [-0.25, -0.2) is 0 Å². The highest BCUT2D eigenvalue weighted by atomic mass is 35.5. The van der Waals surface area contributed by atoms with Gasteiger partial charge in [0.05, 0.1) is 0 Å². The highest BCUT2D eigenvalue weighted by Crippen LogP contribution is 2.57. The van der Waals surface area contributed by atoms with E-state index in [9.17, 15) is 5.11 Å². The number of hydrogen-bond acceptors (Lipinski definition) is 3. The molecule has 2 bridgehead atoms. The average Bonchev–Trinajstić information content (AvgIpc) is 2.96. The van der Waals surface area contributed by atoms with Crippen LogP contribution >= 0.6 is 12.4 Å². The van der Waals surface area contributed by atoms with E-state index in [2.05, 4.69) is 41.3 Å². The van der Waals surface area contributed by atoms with E-state index in [4.69, 9.17) is 4.74 Å². The number of phenols is 1. The maximum absolute atomic E-state index is 10.2. The first-order valence-electron chi connectivity index (χ1n) is 9.53. The van der Waals surface area contributed by atoms with Crippen LogP contribution in [0.3, 0.4) is 0 Å². The highest BCUT2D eigenvalue weighted by Gasteiger charge is 2.55. The second-order valence-corrected chi connectivity index (χ2v) is 7.87. The Morgan fingerprint density at radius 3 is 2.77 bits per heavy atom. The predicted octanol–water partition coefficient (Wildman–Crippen LogP) is 4.31. The molecule has 1 aliphatic carbocycles. The van der Waals surface area contributed by atoms with Crippen LogP contribution < -0.4 is 4.74 Å². The summed E-state index contributed by atoms with van der Waals surface area (Å²) < 4.78 is 6.21. The number of likely N-dealkylation sites (tertiary alicyclic amines) is 1. The quantitative estimate of drug-likeness (QED) is 0.872. The van der Waals surface area contributed by atoms with Gasteiger partial charge in [0.1, 0.15) is 6.10 Å². The molecule has 26 heavy (non-hydrogen) atoms. The molecule has 2 aliphatic heterocycles. The summed E-state index contributed by atoms with van der Waals surface area (Å²) in [6, 6.07) is 17.3. The SMILES string of the molecule is Cl.Oc1cccc2c1O[C@@H]1CC[C@@H]3C[C@@]21CCN3CCc1ccccc1. The van der Waals surface area contributed by atoms with Crippen molar-refractivity contribution in [3.05, 3.63) is 59.7 Å². The van der Waals surface area contributed by atoms with Crippen LogP contribution in [0.2, 0.25) is 0 Å². The van der Waals surface area contributed by atoms with Crippen LogP contribution in [0.1, 0.15) is 36.8 Å². The summed E-state index contributed by atoms with van der Waals surface area (Å²) in [5, 5.41) is 10.2. The van der Waals surface area contributed by atoms with E-state index in [1.807, 2.05) is 6.07 Å². The average molecular weight is 372 g/mol. The third kappa shape index (κ3) is 2.69. The second kappa shape index (κ2) is 6.79. The fourth-order valence-corrected chi connectivity index (χ4v) is 5.36. The Kier molecular flexibility index (Phi) is 4.62. The highest BCUT2D eigenvalue weighted by molar-refractivity contribution is 5.85. The Balaban J connectivity index is 0.00000168. The van der Waals surface area contributed by atoms with Crippen molar-refractivity contribution in [1.29, 1.82) is 0 Å². The van der Waals surface area contributed by atoms with Crippen LogP contribution in [0.25, 0.3) is 0 Å². The summed E-state index contributed by atoms with van der Waals surface area (Å²) >= 11 is 0. The van der Waals surface area contributed by atoms with Gasteiger partial charge in [-0.05, 0) is 50.3 Å². The van der Waals surface area contributed by atoms with Gasteiger partial charge in [-0.1, -0.05) is 42.5 Å². The zero-order valence-electron chi connectivity index (χ0n) is 14.9. The molecule has 1 spiro atoms. The molecule has 3 aliphatic rings. The van der Waals surface area contributed by atoms with Gasteiger partial charge in [-0.3, -0.25) is 4.90 Å². The van der Waals surface area contributed by atoms with Crippen LogP contribution in [-0.2, 0) is 11.8 Å². The van der Waals surface area contributed by atoms with E-state index < -0.39 is 0 Å². The molecule has 138 valence electrons. The third-order valence-corrected chi connectivity index (χ3v) is 6.66. The lowest BCUT2D eigenvalue weighted by molar-refractivity contribution is -0.00615. The van der Waals surface area contributed by atoms with Gasteiger partial charge in [-0.15, -0.1) is 12.4 Å². The summed E-state index contributed by atoms with van der Waals surface area (Å²) in [5.74, 6) is 1.07. The van der Waals surface area contributed by atoms with Crippen molar-refractivity contribution in [2.24, 2.45) is 0 Å². The molecule has 0 radical (unpaired) electrons. The molecule has 0 aromatic heterocycles. The summed E-state index contributed by atoms with van der Waals surface area (Å²) in [5.41, 5.74) is 2.81. The smallest absolute Gasteiger partial charge is 0.165 e. The second-order valence-electron chi connectivity index (χ2n) is 7.87. The number of ether oxygens (including phenoxy) is 1. The van der Waals surface area contributed by atoms with Gasteiger partial charge in [0, 0.05) is 23.6 Å². The number of rotatable bonds is 3. The van der Waals surface area contributed by atoms with Gasteiger partial charge >= 0.3 is 0 Å². The Morgan fingerprint density at radius 1 is 1.08 bits per heavy atom. The summed E-state index contributed by atoms with van der Waals surface area (Å²) in [4.78, 5) is 2.69. The van der Waals surface area contributed by atoms with Crippen LogP contribution in [0.15, 0.2) is 48.5 Å². The molecule has 1 saturated heterocycles. The topological polar surface area (TPSA) is 32.7 Å². The van der Waals surface area contributed by atoms with Gasteiger partial charge in [-0.2, -0.15) is 0 Å². The Morgan fingerprint density at radius 2 is 1.92 bits per heavy atom. The molecule has 1 saturated carbocycles. The lowest BCUT2D eigenvalue weighted by Gasteiger charge is -2.51. The number of piperidine rings is 1. The van der Waals surface area contributed by atoms with Crippen molar-refractivity contribution < 1.29 is 9.84 Å². The van der Waals surface area contributed by atoms with E-state index in [-0.39, 0.29) is 23.9 Å². The first-order valence-corrected chi connectivity index (χ1v) is 9.53. The van der Waals surface area contributed by atoms with Crippen LogP contribution in [-0.4, -0.2) is 35.2 Å². The zero-order chi connectivity index (χ0) is 16.9. The van der Waals surface area contributed by atoms with E-state index in [0.717, 1.165) is 38.1 Å². The molecule has 4 heteroatoms. The van der Waals surface area contributed by atoms with Crippen molar-refractivity contribution in [1.82, 2.24) is 4.90 Å².